The third-order valence-corrected chi connectivity index (χ3v) is 3.15. The number of hydrogen-bond acceptors (Lipinski definition) is 2. The summed E-state index contributed by atoms with van der Waals surface area (Å²) in [6.45, 7) is 16.1. The van der Waals surface area contributed by atoms with E-state index < -0.39 is 0 Å². The molecule has 1 aromatic carbocycles. The van der Waals surface area contributed by atoms with Crippen LogP contribution in [0.2, 0.25) is 0 Å². The third kappa shape index (κ3) is 7.33. The first-order valence-corrected chi connectivity index (χ1v) is 7.89. The van der Waals surface area contributed by atoms with E-state index in [1.165, 1.54) is 11.1 Å². The maximum atomic E-state index is 5.77. The van der Waals surface area contributed by atoms with Gasteiger partial charge in [-0.25, -0.2) is 0 Å². The molecule has 2 nitrogen and oxygen atoms in total. The Morgan fingerprint density at radius 1 is 1.19 bits per heavy atom. The summed E-state index contributed by atoms with van der Waals surface area (Å²) >= 11 is 0. The van der Waals surface area contributed by atoms with Gasteiger partial charge in [0.25, 0.3) is 0 Å². The first kappa shape index (κ1) is 17.8. The average Bonchev–Trinajstić information content (AvgIpc) is 2.32. The van der Waals surface area contributed by atoms with Crippen molar-refractivity contribution in [2.24, 2.45) is 5.92 Å². The molecule has 2 heteroatoms. The molecule has 0 aromatic heterocycles. The molecule has 0 atom stereocenters. The van der Waals surface area contributed by atoms with Crippen LogP contribution in [0.15, 0.2) is 29.8 Å². The molecule has 0 heterocycles. The fraction of sp³-hybridized carbons (Fsp3) is 0.579. The molecule has 0 fully saturated rings. The van der Waals surface area contributed by atoms with E-state index in [0.717, 1.165) is 12.3 Å². The lowest BCUT2D eigenvalue weighted by Crippen LogP contribution is -2.37. The molecule has 0 amide bonds. The number of rotatable bonds is 6. The van der Waals surface area contributed by atoms with Crippen LogP contribution in [-0.4, -0.2) is 18.2 Å². The number of hydrogen-bond donors (Lipinski definition) is 1. The lowest BCUT2D eigenvalue weighted by atomic mass is 9.98. The Morgan fingerprint density at radius 2 is 1.86 bits per heavy atom. The third-order valence-electron chi connectivity index (χ3n) is 3.15. The van der Waals surface area contributed by atoms with Crippen LogP contribution < -0.4 is 10.1 Å². The summed E-state index contributed by atoms with van der Waals surface area (Å²) in [6.07, 6.45) is 2.48. The van der Waals surface area contributed by atoms with Crippen LogP contribution in [0.1, 0.15) is 54.0 Å². The Kier molecular flexibility index (Phi) is 6.47. The van der Waals surface area contributed by atoms with Crippen molar-refractivity contribution in [3.8, 4) is 5.75 Å². The highest BCUT2D eigenvalue weighted by atomic mass is 16.5. The zero-order valence-corrected chi connectivity index (χ0v) is 14.7. The van der Waals surface area contributed by atoms with Gasteiger partial charge in [0.2, 0.25) is 0 Å². The topological polar surface area (TPSA) is 21.3 Å². The average molecular weight is 289 g/mol. The van der Waals surface area contributed by atoms with Crippen molar-refractivity contribution < 1.29 is 4.74 Å². The van der Waals surface area contributed by atoms with E-state index >= 15 is 0 Å². The Labute approximate surface area is 130 Å². The molecular formula is C19H31NO. The molecule has 21 heavy (non-hydrogen) atoms. The van der Waals surface area contributed by atoms with Gasteiger partial charge in [0.05, 0.1) is 6.10 Å². The Hall–Kier alpha value is -1.28. The number of ether oxygens (including phenoxy) is 1. The van der Waals surface area contributed by atoms with Gasteiger partial charge in [-0.3, -0.25) is 0 Å². The minimum Gasteiger partial charge on any atom is -0.491 e. The minimum atomic E-state index is 0.135. The van der Waals surface area contributed by atoms with E-state index in [9.17, 15) is 0 Å². The Morgan fingerprint density at radius 3 is 2.38 bits per heavy atom. The van der Waals surface area contributed by atoms with Gasteiger partial charge in [0.1, 0.15) is 5.75 Å². The molecule has 0 saturated carbocycles. The SMILES string of the molecule is CC(C)Oc1cccc(C=C(CNC(C)(C)C)C(C)C)c1. The van der Waals surface area contributed by atoms with Crippen molar-refractivity contribution in [1.29, 1.82) is 0 Å². The Bertz CT molecular complexity index is 467. The Balaban J connectivity index is 2.89. The summed E-state index contributed by atoms with van der Waals surface area (Å²) in [7, 11) is 0. The summed E-state index contributed by atoms with van der Waals surface area (Å²) in [5, 5.41) is 3.57. The summed E-state index contributed by atoms with van der Waals surface area (Å²) in [5.74, 6) is 1.46. The first-order chi connectivity index (χ1) is 9.67. The highest BCUT2D eigenvalue weighted by molar-refractivity contribution is 5.55. The molecule has 0 aliphatic carbocycles. The molecule has 1 rings (SSSR count). The van der Waals surface area contributed by atoms with Crippen LogP contribution in [0.3, 0.4) is 0 Å². The second kappa shape index (κ2) is 7.65. The highest BCUT2D eigenvalue weighted by Gasteiger charge is 2.11. The van der Waals surface area contributed by atoms with E-state index in [-0.39, 0.29) is 11.6 Å². The van der Waals surface area contributed by atoms with Gasteiger partial charge in [-0.05, 0) is 58.2 Å². The molecule has 0 aliphatic heterocycles. The summed E-state index contributed by atoms with van der Waals surface area (Å²) in [6, 6.07) is 8.31. The number of nitrogens with one attached hydrogen (secondary N) is 1. The van der Waals surface area contributed by atoms with Gasteiger partial charge in [0, 0.05) is 12.1 Å². The van der Waals surface area contributed by atoms with E-state index in [1.807, 2.05) is 6.07 Å². The second-order valence-electron chi connectivity index (χ2n) is 7.22. The van der Waals surface area contributed by atoms with Crippen molar-refractivity contribution in [1.82, 2.24) is 5.32 Å². The van der Waals surface area contributed by atoms with Crippen LogP contribution in [0.25, 0.3) is 6.08 Å². The largest absolute Gasteiger partial charge is 0.491 e. The van der Waals surface area contributed by atoms with E-state index in [2.05, 4.69) is 78.1 Å². The van der Waals surface area contributed by atoms with Gasteiger partial charge in [0.15, 0.2) is 0 Å². The molecule has 1 N–H and O–H groups in total. The lowest BCUT2D eigenvalue weighted by Gasteiger charge is -2.23. The fourth-order valence-electron chi connectivity index (χ4n) is 1.95. The van der Waals surface area contributed by atoms with Gasteiger partial charge >= 0.3 is 0 Å². The second-order valence-corrected chi connectivity index (χ2v) is 7.22. The van der Waals surface area contributed by atoms with E-state index in [0.29, 0.717) is 5.92 Å². The molecule has 0 radical (unpaired) electrons. The number of benzene rings is 1. The van der Waals surface area contributed by atoms with Crippen molar-refractivity contribution in [3.05, 3.63) is 35.4 Å². The molecule has 0 bridgehead atoms. The molecule has 0 spiro atoms. The first-order valence-electron chi connectivity index (χ1n) is 7.89. The van der Waals surface area contributed by atoms with Crippen molar-refractivity contribution >= 4 is 6.08 Å². The van der Waals surface area contributed by atoms with E-state index in [1.54, 1.807) is 0 Å². The normalized spacial score (nSPS) is 13.1. The van der Waals surface area contributed by atoms with Gasteiger partial charge < -0.3 is 10.1 Å². The highest BCUT2D eigenvalue weighted by Crippen LogP contribution is 2.20. The maximum Gasteiger partial charge on any atom is 0.120 e. The zero-order valence-electron chi connectivity index (χ0n) is 14.7. The molecule has 0 aliphatic rings. The van der Waals surface area contributed by atoms with Crippen LogP contribution >= 0.6 is 0 Å². The summed E-state index contributed by atoms with van der Waals surface area (Å²) < 4.78 is 5.77. The van der Waals surface area contributed by atoms with Crippen LogP contribution in [0, 0.1) is 5.92 Å². The lowest BCUT2D eigenvalue weighted by molar-refractivity contribution is 0.242. The zero-order chi connectivity index (χ0) is 16.0. The monoisotopic (exact) mass is 289 g/mol. The predicted molar refractivity (Wildman–Crippen MR) is 92.8 cm³/mol. The predicted octanol–water partition coefficient (Wildman–Crippen LogP) is 4.90. The smallest absolute Gasteiger partial charge is 0.120 e. The molecular weight excluding hydrogens is 258 g/mol. The quantitative estimate of drug-likeness (QED) is 0.804. The molecule has 1 aromatic rings. The molecule has 118 valence electrons. The standard InChI is InChI=1S/C19H31NO/c1-14(2)17(13-20-19(5,6)7)11-16-9-8-10-18(12-16)21-15(3)4/h8-12,14-15,20H,13H2,1-7H3. The van der Waals surface area contributed by atoms with Crippen molar-refractivity contribution in [2.45, 2.75) is 60.1 Å². The van der Waals surface area contributed by atoms with Crippen LogP contribution in [0.4, 0.5) is 0 Å². The van der Waals surface area contributed by atoms with Gasteiger partial charge in [-0.1, -0.05) is 37.6 Å². The van der Waals surface area contributed by atoms with Crippen molar-refractivity contribution in [2.75, 3.05) is 6.54 Å². The van der Waals surface area contributed by atoms with Gasteiger partial charge in [-0.2, -0.15) is 0 Å². The molecule has 0 saturated heterocycles. The minimum absolute atomic E-state index is 0.135. The fourth-order valence-corrected chi connectivity index (χ4v) is 1.95. The van der Waals surface area contributed by atoms with Gasteiger partial charge in [-0.15, -0.1) is 0 Å². The van der Waals surface area contributed by atoms with Crippen LogP contribution in [0.5, 0.6) is 5.75 Å². The van der Waals surface area contributed by atoms with Crippen molar-refractivity contribution in [3.63, 3.8) is 0 Å². The van der Waals surface area contributed by atoms with Crippen LogP contribution in [-0.2, 0) is 0 Å². The van der Waals surface area contributed by atoms with E-state index in [4.69, 9.17) is 4.74 Å². The summed E-state index contributed by atoms with van der Waals surface area (Å²) in [5.41, 5.74) is 2.75. The maximum absolute atomic E-state index is 5.77. The molecule has 0 unspecified atom stereocenters. The summed E-state index contributed by atoms with van der Waals surface area (Å²) in [4.78, 5) is 0.